The maximum absolute atomic E-state index is 10.4. The molecule has 2 aromatic rings. The molecule has 1 aromatic carbocycles. The van der Waals surface area contributed by atoms with Gasteiger partial charge < -0.3 is 14.6 Å². The van der Waals surface area contributed by atoms with E-state index >= 15 is 0 Å². The van der Waals surface area contributed by atoms with Crippen molar-refractivity contribution in [2.45, 2.75) is 25.9 Å². The monoisotopic (exact) mass is 310 g/mol. The van der Waals surface area contributed by atoms with Crippen molar-refractivity contribution in [1.29, 1.82) is 0 Å². The Morgan fingerprint density at radius 2 is 2.10 bits per heavy atom. The van der Waals surface area contributed by atoms with Gasteiger partial charge in [-0.3, -0.25) is 0 Å². The molecule has 0 saturated heterocycles. The molecule has 1 aliphatic heterocycles. The van der Waals surface area contributed by atoms with Gasteiger partial charge in [0.1, 0.15) is 0 Å². The van der Waals surface area contributed by atoms with Crippen LogP contribution in [0, 0.1) is 0 Å². The lowest BCUT2D eigenvalue weighted by atomic mass is 10.1. The van der Waals surface area contributed by atoms with Crippen molar-refractivity contribution in [3.05, 3.63) is 44.6 Å². The number of ether oxygens (including phenoxy) is 2. The Morgan fingerprint density at radius 1 is 1.30 bits per heavy atom. The Bertz CT molecular complexity index is 624. The molecule has 20 heavy (non-hydrogen) atoms. The summed E-state index contributed by atoms with van der Waals surface area (Å²) in [4.78, 5) is 2.50. The maximum atomic E-state index is 10.4. The fourth-order valence-corrected chi connectivity index (χ4v) is 3.48. The first-order chi connectivity index (χ1) is 9.67. The summed E-state index contributed by atoms with van der Waals surface area (Å²) in [6.45, 7) is 2.31. The average molecular weight is 311 g/mol. The zero-order valence-electron chi connectivity index (χ0n) is 11.1. The second kappa shape index (κ2) is 5.64. The van der Waals surface area contributed by atoms with E-state index in [2.05, 4.69) is 19.1 Å². The minimum absolute atomic E-state index is 0.180. The summed E-state index contributed by atoms with van der Waals surface area (Å²) < 4.78 is 10.6. The Morgan fingerprint density at radius 3 is 2.85 bits per heavy atom. The van der Waals surface area contributed by atoms with Crippen molar-refractivity contribution < 1.29 is 14.6 Å². The number of aliphatic hydroxyl groups excluding tert-OH is 1. The van der Waals surface area contributed by atoms with Crippen LogP contribution in [0.25, 0.3) is 0 Å². The van der Waals surface area contributed by atoms with Crippen LogP contribution in [-0.4, -0.2) is 11.9 Å². The SMILES string of the molecule is CCc1ccc(CC(O)c2cc(Cl)c3c(c2)OCO3)s1. The van der Waals surface area contributed by atoms with Crippen LogP contribution >= 0.6 is 22.9 Å². The van der Waals surface area contributed by atoms with Crippen LogP contribution in [0.15, 0.2) is 24.3 Å². The number of benzene rings is 1. The minimum Gasteiger partial charge on any atom is -0.454 e. The smallest absolute Gasteiger partial charge is 0.231 e. The topological polar surface area (TPSA) is 38.7 Å². The number of fused-ring (bicyclic) bond motifs is 1. The van der Waals surface area contributed by atoms with E-state index in [1.54, 1.807) is 23.5 Å². The van der Waals surface area contributed by atoms with Gasteiger partial charge in [0.05, 0.1) is 11.1 Å². The predicted molar refractivity (Wildman–Crippen MR) is 79.9 cm³/mol. The van der Waals surface area contributed by atoms with E-state index in [0.29, 0.717) is 22.9 Å². The fraction of sp³-hybridized carbons (Fsp3) is 0.333. The number of halogens is 1. The van der Waals surface area contributed by atoms with Crippen molar-refractivity contribution in [2.24, 2.45) is 0 Å². The van der Waals surface area contributed by atoms with Gasteiger partial charge in [-0.05, 0) is 36.2 Å². The van der Waals surface area contributed by atoms with E-state index in [0.717, 1.165) is 12.0 Å². The number of hydrogen-bond donors (Lipinski definition) is 1. The minimum atomic E-state index is -0.592. The first kappa shape index (κ1) is 13.7. The van der Waals surface area contributed by atoms with Gasteiger partial charge >= 0.3 is 0 Å². The van der Waals surface area contributed by atoms with E-state index in [9.17, 15) is 5.11 Å². The number of aryl methyl sites for hydroxylation is 1. The molecule has 0 fully saturated rings. The molecular formula is C15H15ClO3S. The summed E-state index contributed by atoms with van der Waals surface area (Å²) in [5, 5.41) is 10.8. The highest BCUT2D eigenvalue weighted by Crippen LogP contribution is 2.41. The third-order valence-corrected chi connectivity index (χ3v) is 4.83. The molecule has 3 rings (SSSR count). The zero-order valence-corrected chi connectivity index (χ0v) is 12.6. The molecule has 0 aliphatic carbocycles. The van der Waals surface area contributed by atoms with Gasteiger partial charge in [0.2, 0.25) is 6.79 Å². The van der Waals surface area contributed by atoms with E-state index in [1.165, 1.54) is 9.75 Å². The summed E-state index contributed by atoms with van der Waals surface area (Å²) in [6.07, 6.45) is 1.02. The quantitative estimate of drug-likeness (QED) is 0.928. The summed E-state index contributed by atoms with van der Waals surface area (Å²) in [5.74, 6) is 1.17. The number of aliphatic hydroxyl groups is 1. The Labute approximate surface area is 126 Å². The molecule has 0 spiro atoms. The van der Waals surface area contributed by atoms with Gasteiger partial charge in [-0.2, -0.15) is 0 Å². The van der Waals surface area contributed by atoms with Gasteiger partial charge in [0.25, 0.3) is 0 Å². The van der Waals surface area contributed by atoms with Crippen LogP contribution in [0.2, 0.25) is 5.02 Å². The molecule has 1 aliphatic rings. The number of rotatable bonds is 4. The molecule has 0 saturated carbocycles. The van der Waals surface area contributed by atoms with Crippen molar-refractivity contribution in [3.8, 4) is 11.5 Å². The molecule has 1 N–H and O–H groups in total. The van der Waals surface area contributed by atoms with E-state index in [1.807, 2.05) is 0 Å². The highest BCUT2D eigenvalue weighted by Gasteiger charge is 2.21. The van der Waals surface area contributed by atoms with Crippen LogP contribution in [0.1, 0.15) is 28.3 Å². The highest BCUT2D eigenvalue weighted by atomic mass is 35.5. The molecule has 0 radical (unpaired) electrons. The molecule has 5 heteroatoms. The van der Waals surface area contributed by atoms with Crippen molar-refractivity contribution >= 4 is 22.9 Å². The fourth-order valence-electron chi connectivity index (χ4n) is 2.21. The van der Waals surface area contributed by atoms with Crippen LogP contribution in [0.5, 0.6) is 11.5 Å². The Kier molecular flexibility index (Phi) is 3.87. The van der Waals surface area contributed by atoms with Crippen molar-refractivity contribution in [3.63, 3.8) is 0 Å². The van der Waals surface area contributed by atoms with Gasteiger partial charge in [0, 0.05) is 16.2 Å². The molecule has 0 amide bonds. The van der Waals surface area contributed by atoms with Crippen LogP contribution < -0.4 is 9.47 Å². The molecule has 106 valence electrons. The summed E-state index contributed by atoms with van der Waals surface area (Å²) >= 11 is 7.87. The van der Waals surface area contributed by atoms with Crippen LogP contribution in [0.3, 0.4) is 0 Å². The van der Waals surface area contributed by atoms with Crippen LogP contribution in [-0.2, 0) is 12.8 Å². The molecule has 2 heterocycles. The van der Waals surface area contributed by atoms with Crippen molar-refractivity contribution in [1.82, 2.24) is 0 Å². The third kappa shape index (κ3) is 2.64. The molecular weight excluding hydrogens is 296 g/mol. The summed E-state index contributed by atoms with van der Waals surface area (Å²) in [7, 11) is 0. The maximum Gasteiger partial charge on any atom is 0.231 e. The normalized spacial score (nSPS) is 14.6. The molecule has 0 bridgehead atoms. The van der Waals surface area contributed by atoms with E-state index < -0.39 is 6.10 Å². The lowest BCUT2D eigenvalue weighted by molar-refractivity contribution is 0.171. The first-order valence-corrected chi connectivity index (χ1v) is 7.71. The standard InChI is InChI=1S/C15H15ClO3S/c1-2-10-3-4-11(20-10)7-13(17)9-5-12(16)15-14(6-9)18-8-19-15/h3-6,13,17H,2,7-8H2,1H3. The summed E-state index contributed by atoms with van der Waals surface area (Å²) in [5.41, 5.74) is 0.755. The summed E-state index contributed by atoms with van der Waals surface area (Å²) in [6, 6.07) is 7.72. The average Bonchev–Trinajstić information content (AvgIpc) is 3.07. The largest absolute Gasteiger partial charge is 0.454 e. The predicted octanol–water partition coefficient (Wildman–Crippen LogP) is 3.97. The second-order valence-corrected chi connectivity index (χ2v) is 6.34. The molecule has 1 atom stereocenters. The van der Waals surface area contributed by atoms with Gasteiger partial charge in [-0.15, -0.1) is 11.3 Å². The van der Waals surface area contributed by atoms with Crippen LogP contribution in [0.4, 0.5) is 0 Å². The van der Waals surface area contributed by atoms with Gasteiger partial charge in [-0.1, -0.05) is 18.5 Å². The molecule has 3 nitrogen and oxygen atoms in total. The van der Waals surface area contributed by atoms with Gasteiger partial charge in [-0.25, -0.2) is 0 Å². The Balaban J connectivity index is 1.80. The lowest BCUT2D eigenvalue weighted by Crippen LogP contribution is -2.00. The van der Waals surface area contributed by atoms with E-state index in [-0.39, 0.29) is 6.79 Å². The number of hydrogen-bond acceptors (Lipinski definition) is 4. The highest BCUT2D eigenvalue weighted by molar-refractivity contribution is 7.11. The molecule has 1 aromatic heterocycles. The van der Waals surface area contributed by atoms with Gasteiger partial charge in [0.15, 0.2) is 11.5 Å². The lowest BCUT2D eigenvalue weighted by Gasteiger charge is -2.11. The first-order valence-electron chi connectivity index (χ1n) is 6.52. The molecule has 1 unspecified atom stereocenters. The Hall–Kier alpha value is -1.23. The van der Waals surface area contributed by atoms with E-state index in [4.69, 9.17) is 21.1 Å². The third-order valence-electron chi connectivity index (χ3n) is 3.29. The second-order valence-electron chi connectivity index (χ2n) is 4.68. The van der Waals surface area contributed by atoms with Crippen molar-refractivity contribution in [2.75, 3.05) is 6.79 Å². The number of thiophene rings is 1. The zero-order chi connectivity index (χ0) is 14.1.